The van der Waals surface area contributed by atoms with Crippen molar-refractivity contribution >= 4 is 0 Å². The zero-order valence-corrected chi connectivity index (χ0v) is 12.3. The Labute approximate surface area is 115 Å². The van der Waals surface area contributed by atoms with Gasteiger partial charge in [0.05, 0.1) is 0 Å². The van der Waals surface area contributed by atoms with Crippen molar-refractivity contribution in [2.75, 3.05) is 0 Å². The van der Waals surface area contributed by atoms with Crippen LogP contribution in [0.3, 0.4) is 0 Å². The summed E-state index contributed by atoms with van der Waals surface area (Å²) in [6.07, 6.45) is 4.74. The minimum atomic E-state index is -4.08. The first-order valence-corrected chi connectivity index (χ1v) is 7.79. The van der Waals surface area contributed by atoms with Gasteiger partial charge in [0.25, 0.3) is 0 Å². The van der Waals surface area contributed by atoms with E-state index in [9.17, 15) is 13.2 Å². The highest BCUT2D eigenvalue weighted by atomic mass is 19.4. The molecule has 0 atom stereocenters. The molecule has 19 heavy (non-hydrogen) atoms. The topological polar surface area (TPSA) is 12.0 Å². The fourth-order valence-corrected chi connectivity index (χ4v) is 2.60. The standard InChI is InChI=1S/C15H28F3N/c1-3-5-7-9-13(10-8-6-4-2)19-14(11-12-14)15(16,17)18/h13,19H,3-12H2,1-2H3. The fourth-order valence-electron chi connectivity index (χ4n) is 2.60. The van der Waals surface area contributed by atoms with Crippen LogP contribution in [-0.4, -0.2) is 17.8 Å². The SMILES string of the molecule is CCCCCC(CCCCC)NC1(C(F)(F)F)CC1. The van der Waals surface area contributed by atoms with E-state index >= 15 is 0 Å². The van der Waals surface area contributed by atoms with E-state index in [1.165, 1.54) is 0 Å². The van der Waals surface area contributed by atoms with Gasteiger partial charge in [-0.05, 0) is 25.7 Å². The summed E-state index contributed by atoms with van der Waals surface area (Å²) in [4.78, 5) is 0. The summed E-state index contributed by atoms with van der Waals surface area (Å²) in [7, 11) is 0. The number of rotatable bonds is 10. The maximum absolute atomic E-state index is 13.0. The van der Waals surface area contributed by atoms with E-state index in [4.69, 9.17) is 0 Å². The van der Waals surface area contributed by atoms with Crippen LogP contribution in [0.1, 0.15) is 78.1 Å². The van der Waals surface area contributed by atoms with Crippen molar-refractivity contribution in [2.24, 2.45) is 0 Å². The lowest BCUT2D eigenvalue weighted by molar-refractivity contribution is -0.168. The van der Waals surface area contributed by atoms with Crippen molar-refractivity contribution in [2.45, 2.75) is 95.8 Å². The Morgan fingerprint density at radius 3 is 1.74 bits per heavy atom. The van der Waals surface area contributed by atoms with Gasteiger partial charge >= 0.3 is 6.18 Å². The van der Waals surface area contributed by atoms with Gasteiger partial charge in [0.15, 0.2) is 0 Å². The van der Waals surface area contributed by atoms with Crippen molar-refractivity contribution in [3.05, 3.63) is 0 Å². The molecule has 0 heterocycles. The summed E-state index contributed by atoms with van der Waals surface area (Å²) in [6, 6.07) is 0.0437. The average Bonchev–Trinajstić information content (AvgIpc) is 3.10. The number of hydrogen-bond donors (Lipinski definition) is 1. The zero-order valence-electron chi connectivity index (χ0n) is 12.3. The number of nitrogens with one attached hydrogen (secondary N) is 1. The highest BCUT2D eigenvalue weighted by Gasteiger charge is 2.63. The summed E-state index contributed by atoms with van der Waals surface area (Å²) in [6.45, 7) is 4.25. The van der Waals surface area contributed by atoms with Crippen molar-refractivity contribution in [1.82, 2.24) is 5.32 Å². The normalized spacial score (nSPS) is 18.0. The molecule has 0 unspecified atom stereocenters. The molecule has 114 valence electrons. The van der Waals surface area contributed by atoms with Crippen LogP contribution >= 0.6 is 0 Å². The summed E-state index contributed by atoms with van der Waals surface area (Å²) in [5.41, 5.74) is -1.55. The van der Waals surface area contributed by atoms with Gasteiger partial charge in [-0.1, -0.05) is 52.4 Å². The number of halogens is 3. The van der Waals surface area contributed by atoms with Gasteiger partial charge in [-0.3, -0.25) is 0 Å². The molecule has 0 aromatic carbocycles. The maximum Gasteiger partial charge on any atom is 0.406 e. The monoisotopic (exact) mass is 279 g/mol. The molecule has 1 fully saturated rings. The number of alkyl halides is 3. The Balaban J connectivity index is 2.43. The molecular formula is C15H28F3N. The van der Waals surface area contributed by atoms with E-state index in [2.05, 4.69) is 19.2 Å². The summed E-state index contributed by atoms with van der Waals surface area (Å²) < 4.78 is 38.9. The third kappa shape index (κ3) is 5.33. The molecule has 0 amide bonds. The van der Waals surface area contributed by atoms with E-state index in [0.717, 1.165) is 51.4 Å². The van der Waals surface area contributed by atoms with Gasteiger partial charge in [0, 0.05) is 6.04 Å². The number of hydrogen-bond acceptors (Lipinski definition) is 1. The second kappa shape index (κ2) is 7.51. The predicted octanol–water partition coefficient (Wildman–Crippen LogP) is 5.20. The van der Waals surface area contributed by atoms with Crippen LogP contribution in [0.4, 0.5) is 13.2 Å². The minimum absolute atomic E-state index is 0.0437. The van der Waals surface area contributed by atoms with Crippen LogP contribution in [0.2, 0.25) is 0 Å². The molecule has 1 rings (SSSR count). The van der Waals surface area contributed by atoms with Crippen LogP contribution in [0.5, 0.6) is 0 Å². The maximum atomic E-state index is 13.0. The van der Waals surface area contributed by atoms with E-state index in [-0.39, 0.29) is 18.9 Å². The van der Waals surface area contributed by atoms with Crippen molar-refractivity contribution < 1.29 is 13.2 Å². The number of unbranched alkanes of at least 4 members (excludes halogenated alkanes) is 4. The van der Waals surface area contributed by atoms with Crippen molar-refractivity contribution in [3.8, 4) is 0 Å². The van der Waals surface area contributed by atoms with E-state index in [0.29, 0.717) is 0 Å². The smallest absolute Gasteiger partial charge is 0.301 e. The van der Waals surface area contributed by atoms with E-state index in [1.807, 2.05) is 0 Å². The molecule has 0 saturated heterocycles. The second-order valence-electron chi connectivity index (χ2n) is 5.91. The first-order chi connectivity index (χ1) is 8.95. The molecule has 0 bridgehead atoms. The van der Waals surface area contributed by atoms with Crippen LogP contribution in [0.15, 0.2) is 0 Å². The van der Waals surface area contributed by atoms with Gasteiger partial charge < -0.3 is 5.32 Å². The second-order valence-corrected chi connectivity index (χ2v) is 5.91. The quantitative estimate of drug-likeness (QED) is 0.542. The summed E-state index contributed by atoms with van der Waals surface area (Å²) >= 11 is 0. The molecule has 1 aliphatic rings. The lowest BCUT2D eigenvalue weighted by atomic mass is 10.0. The van der Waals surface area contributed by atoms with Crippen LogP contribution in [0.25, 0.3) is 0 Å². The van der Waals surface area contributed by atoms with Gasteiger partial charge in [0.2, 0.25) is 0 Å². The van der Waals surface area contributed by atoms with Crippen molar-refractivity contribution in [3.63, 3.8) is 0 Å². The predicted molar refractivity (Wildman–Crippen MR) is 73.2 cm³/mol. The molecule has 0 spiro atoms. The van der Waals surface area contributed by atoms with E-state index < -0.39 is 11.7 Å². The lowest BCUT2D eigenvalue weighted by Crippen LogP contribution is -2.49. The molecule has 1 N–H and O–H groups in total. The highest BCUT2D eigenvalue weighted by molar-refractivity contribution is 5.09. The molecule has 1 nitrogen and oxygen atoms in total. The van der Waals surface area contributed by atoms with E-state index in [1.54, 1.807) is 0 Å². The Bertz CT molecular complexity index is 236. The fraction of sp³-hybridized carbons (Fsp3) is 1.00. The van der Waals surface area contributed by atoms with Gasteiger partial charge in [-0.15, -0.1) is 0 Å². The molecule has 0 aromatic rings. The first-order valence-electron chi connectivity index (χ1n) is 7.79. The van der Waals surface area contributed by atoms with Crippen LogP contribution in [0, 0.1) is 0 Å². The molecule has 0 radical (unpaired) electrons. The van der Waals surface area contributed by atoms with Gasteiger partial charge in [-0.25, -0.2) is 0 Å². The molecule has 0 aliphatic heterocycles. The summed E-state index contributed by atoms with van der Waals surface area (Å²) in [5, 5.41) is 2.94. The zero-order chi connectivity index (χ0) is 14.4. The largest absolute Gasteiger partial charge is 0.406 e. The summed E-state index contributed by atoms with van der Waals surface area (Å²) in [5.74, 6) is 0. The Morgan fingerprint density at radius 2 is 1.42 bits per heavy atom. The molecule has 1 saturated carbocycles. The lowest BCUT2D eigenvalue weighted by Gasteiger charge is -2.27. The first kappa shape index (κ1) is 16.8. The molecule has 4 heteroatoms. The molecular weight excluding hydrogens is 251 g/mol. The minimum Gasteiger partial charge on any atom is -0.301 e. The molecule has 0 aromatic heterocycles. The third-order valence-electron chi connectivity index (χ3n) is 4.09. The average molecular weight is 279 g/mol. The molecule has 1 aliphatic carbocycles. The van der Waals surface area contributed by atoms with Gasteiger partial charge in [0.1, 0.15) is 5.54 Å². The Morgan fingerprint density at radius 1 is 0.947 bits per heavy atom. The Hall–Kier alpha value is -0.250. The van der Waals surface area contributed by atoms with Crippen LogP contribution in [-0.2, 0) is 0 Å². The van der Waals surface area contributed by atoms with Crippen LogP contribution < -0.4 is 5.32 Å². The highest BCUT2D eigenvalue weighted by Crippen LogP contribution is 2.49. The third-order valence-corrected chi connectivity index (χ3v) is 4.09. The van der Waals surface area contributed by atoms with Crippen molar-refractivity contribution in [1.29, 1.82) is 0 Å². The Kier molecular flexibility index (Phi) is 6.64. The van der Waals surface area contributed by atoms with Gasteiger partial charge in [-0.2, -0.15) is 13.2 Å².